The van der Waals surface area contributed by atoms with Crippen molar-refractivity contribution in [3.05, 3.63) is 0 Å². The van der Waals surface area contributed by atoms with Gasteiger partial charge < -0.3 is 14.2 Å². The lowest BCUT2D eigenvalue weighted by atomic mass is 9.93. The molecule has 6 heteroatoms. The third-order valence-electron chi connectivity index (χ3n) is 3.45. The van der Waals surface area contributed by atoms with Crippen LogP contribution in [0.2, 0.25) is 0 Å². The van der Waals surface area contributed by atoms with E-state index >= 15 is 0 Å². The third kappa shape index (κ3) is 2.63. The van der Waals surface area contributed by atoms with Gasteiger partial charge in [0.15, 0.2) is 0 Å². The first-order valence-electron chi connectivity index (χ1n) is 5.97. The van der Waals surface area contributed by atoms with E-state index < -0.39 is 0 Å². The van der Waals surface area contributed by atoms with E-state index in [-0.39, 0.29) is 48.6 Å². The van der Waals surface area contributed by atoms with Crippen molar-refractivity contribution in [3.63, 3.8) is 0 Å². The van der Waals surface area contributed by atoms with E-state index in [0.717, 1.165) is 0 Å². The van der Waals surface area contributed by atoms with Crippen molar-refractivity contribution in [1.29, 1.82) is 0 Å². The molecule has 0 amide bonds. The van der Waals surface area contributed by atoms with Gasteiger partial charge in [0.25, 0.3) is 0 Å². The highest BCUT2D eigenvalue weighted by Gasteiger charge is 2.51. The number of rotatable bonds is 3. The fourth-order valence-electron chi connectivity index (χ4n) is 2.75. The molecule has 1 heterocycles. The van der Waals surface area contributed by atoms with Crippen molar-refractivity contribution in [3.8, 4) is 0 Å². The highest BCUT2D eigenvalue weighted by molar-refractivity contribution is 5.72. The number of esters is 3. The van der Waals surface area contributed by atoms with Gasteiger partial charge in [-0.3, -0.25) is 14.4 Å². The molecule has 1 aliphatic heterocycles. The van der Waals surface area contributed by atoms with Crippen LogP contribution in [-0.2, 0) is 28.6 Å². The normalized spacial score (nSPS) is 33.8. The fourth-order valence-corrected chi connectivity index (χ4v) is 2.75. The van der Waals surface area contributed by atoms with Gasteiger partial charge >= 0.3 is 17.9 Å². The summed E-state index contributed by atoms with van der Waals surface area (Å²) < 4.78 is 15.4. The molecule has 6 nitrogen and oxygen atoms in total. The average Bonchev–Trinajstić information content (AvgIpc) is 2.70. The summed E-state index contributed by atoms with van der Waals surface area (Å²) in [5, 5.41) is 0. The number of carbonyl (C=O) groups is 3. The average molecular weight is 256 g/mol. The van der Waals surface area contributed by atoms with E-state index in [0.29, 0.717) is 12.8 Å². The minimum Gasteiger partial charge on any atom is -0.465 e. The highest BCUT2D eigenvalue weighted by Crippen LogP contribution is 2.42. The Hall–Kier alpha value is -1.59. The maximum atomic E-state index is 11.2. The first kappa shape index (κ1) is 12.9. The van der Waals surface area contributed by atoms with Gasteiger partial charge in [-0.25, -0.2) is 0 Å². The van der Waals surface area contributed by atoms with Gasteiger partial charge in [-0.05, 0) is 0 Å². The predicted molar refractivity (Wildman–Crippen MR) is 58.3 cm³/mol. The molecule has 0 radical (unpaired) electrons. The lowest BCUT2D eigenvalue weighted by Crippen LogP contribution is -2.29. The molecule has 1 aliphatic carbocycles. The second-order valence-corrected chi connectivity index (χ2v) is 4.75. The second-order valence-electron chi connectivity index (χ2n) is 4.75. The maximum absolute atomic E-state index is 11.2. The minimum absolute atomic E-state index is 0.0267. The quantitative estimate of drug-likeness (QED) is 0.538. The van der Waals surface area contributed by atoms with Crippen LogP contribution in [0.25, 0.3) is 0 Å². The van der Waals surface area contributed by atoms with Gasteiger partial charge in [-0.2, -0.15) is 0 Å². The molecule has 2 unspecified atom stereocenters. The molecular formula is C12H16O6. The number of fused-ring (bicyclic) bond motifs is 1. The van der Waals surface area contributed by atoms with Gasteiger partial charge in [-0.1, -0.05) is 0 Å². The molecule has 1 saturated carbocycles. The van der Waals surface area contributed by atoms with E-state index in [9.17, 15) is 14.4 Å². The van der Waals surface area contributed by atoms with E-state index in [4.69, 9.17) is 14.2 Å². The summed E-state index contributed by atoms with van der Waals surface area (Å²) in [6.45, 7) is 2.82. The van der Waals surface area contributed by atoms with Crippen molar-refractivity contribution < 1.29 is 28.6 Å². The Kier molecular flexibility index (Phi) is 3.54. The molecule has 2 fully saturated rings. The van der Waals surface area contributed by atoms with E-state index in [2.05, 4.69) is 0 Å². The third-order valence-corrected chi connectivity index (χ3v) is 3.45. The number of hydrogen-bond donors (Lipinski definition) is 0. The van der Waals surface area contributed by atoms with Crippen LogP contribution in [0.1, 0.15) is 26.7 Å². The van der Waals surface area contributed by atoms with Gasteiger partial charge in [0.1, 0.15) is 12.2 Å². The molecule has 100 valence electrons. The Labute approximate surface area is 105 Å². The molecule has 0 aromatic heterocycles. The molecule has 0 bridgehead atoms. The number of ether oxygens (including phenoxy) is 3. The standard InChI is InChI=1S/C12H16O6/c1-6(13)16-5-9-8-3-12(15)18-10(8)4-11(9)17-7(2)14/h8-11H,3-5H2,1-2H3/t8?,9?,10-,11+/m0/s1. The fraction of sp³-hybridized carbons (Fsp3) is 0.750. The van der Waals surface area contributed by atoms with Crippen LogP contribution in [0.3, 0.4) is 0 Å². The molecule has 2 rings (SSSR count). The van der Waals surface area contributed by atoms with Crippen LogP contribution in [-0.4, -0.2) is 36.7 Å². The monoisotopic (exact) mass is 256 g/mol. The minimum atomic E-state index is -0.384. The van der Waals surface area contributed by atoms with Crippen LogP contribution in [0, 0.1) is 11.8 Å². The van der Waals surface area contributed by atoms with E-state index in [1.807, 2.05) is 0 Å². The van der Waals surface area contributed by atoms with Gasteiger partial charge in [-0.15, -0.1) is 0 Å². The zero-order valence-electron chi connectivity index (χ0n) is 10.4. The summed E-state index contributed by atoms with van der Waals surface area (Å²) in [6.07, 6.45) is 0.225. The van der Waals surface area contributed by atoms with Crippen molar-refractivity contribution in [2.45, 2.75) is 38.9 Å². The Morgan fingerprint density at radius 1 is 1.33 bits per heavy atom. The van der Waals surface area contributed by atoms with Crippen LogP contribution in [0.4, 0.5) is 0 Å². The van der Waals surface area contributed by atoms with Crippen molar-refractivity contribution in [2.24, 2.45) is 11.8 Å². The molecule has 18 heavy (non-hydrogen) atoms. The predicted octanol–water partition coefficient (Wildman–Crippen LogP) is 0.433. The highest BCUT2D eigenvalue weighted by atomic mass is 16.6. The van der Waals surface area contributed by atoms with E-state index in [1.165, 1.54) is 13.8 Å². The number of hydrogen-bond acceptors (Lipinski definition) is 6. The summed E-state index contributed by atoms with van der Waals surface area (Å²) in [6, 6.07) is 0. The summed E-state index contributed by atoms with van der Waals surface area (Å²) in [5.41, 5.74) is 0. The molecule has 0 aromatic rings. The molecule has 0 N–H and O–H groups in total. The molecule has 2 aliphatic rings. The van der Waals surface area contributed by atoms with Crippen molar-refractivity contribution >= 4 is 17.9 Å². The summed E-state index contributed by atoms with van der Waals surface area (Å²) in [5.74, 6) is -1.18. The van der Waals surface area contributed by atoms with Gasteiger partial charge in [0.05, 0.1) is 13.0 Å². The molecular weight excluding hydrogens is 240 g/mol. The first-order valence-corrected chi connectivity index (χ1v) is 5.97. The van der Waals surface area contributed by atoms with Crippen LogP contribution >= 0.6 is 0 Å². The largest absolute Gasteiger partial charge is 0.465 e. The van der Waals surface area contributed by atoms with Gasteiger partial charge in [0, 0.05) is 32.1 Å². The van der Waals surface area contributed by atoms with Crippen LogP contribution < -0.4 is 0 Å². The molecule has 0 aromatic carbocycles. The Bertz CT molecular complexity index is 377. The zero-order valence-corrected chi connectivity index (χ0v) is 10.4. The topological polar surface area (TPSA) is 78.9 Å². The Morgan fingerprint density at radius 2 is 2.06 bits per heavy atom. The van der Waals surface area contributed by atoms with E-state index in [1.54, 1.807) is 0 Å². The summed E-state index contributed by atoms with van der Waals surface area (Å²) in [7, 11) is 0. The molecule has 4 atom stereocenters. The lowest BCUT2D eigenvalue weighted by molar-refractivity contribution is -0.152. The van der Waals surface area contributed by atoms with Crippen LogP contribution in [0.5, 0.6) is 0 Å². The SMILES string of the molecule is CC(=O)OCC1C2CC(=O)O[C@H]2C[C@H]1OC(C)=O. The van der Waals surface area contributed by atoms with Crippen molar-refractivity contribution in [1.82, 2.24) is 0 Å². The smallest absolute Gasteiger partial charge is 0.306 e. The zero-order chi connectivity index (χ0) is 13.3. The summed E-state index contributed by atoms with van der Waals surface area (Å²) in [4.78, 5) is 33.1. The van der Waals surface area contributed by atoms with Crippen LogP contribution in [0.15, 0.2) is 0 Å². The van der Waals surface area contributed by atoms with Gasteiger partial charge in [0.2, 0.25) is 0 Å². The first-order chi connectivity index (χ1) is 8.47. The number of carbonyl (C=O) groups excluding carboxylic acids is 3. The molecule has 1 saturated heterocycles. The maximum Gasteiger partial charge on any atom is 0.306 e. The lowest BCUT2D eigenvalue weighted by Gasteiger charge is -2.21. The summed E-state index contributed by atoms with van der Waals surface area (Å²) >= 11 is 0. The second kappa shape index (κ2) is 4.96. The Balaban J connectivity index is 2.04. The van der Waals surface area contributed by atoms with Crippen molar-refractivity contribution in [2.75, 3.05) is 6.61 Å². The Morgan fingerprint density at radius 3 is 2.67 bits per heavy atom. The molecule has 0 spiro atoms.